The lowest BCUT2D eigenvalue weighted by Gasteiger charge is -2.42. The second kappa shape index (κ2) is 6.28. The van der Waals surface area contributed by atoms with Gasteiger partial charge in [0.1, 0.15) is 5.82 Å². The van der Waals surface area contributed by atoms with Crippen LogP contribution in [0.25, 0.3) is 0 Å². The Balaban J connectivity index is 2.40. The van der Waals surface area contributed by atoms with Gasteiger partial charge in [-0.05, 0) is 22.0 Å². The van der Waals surface area contributed by atoms with E-state index in [9.17, 15) is 4.39 Å². The van der Waals surface area contributed by atoms with Gasteiger partial charge in [0.05, 0.1) is 16.1 Å². The monoisotopic (exact) mass is 332 g/mol. The molecule has 106 valence electrons. The van der Waals surface area contributed by atoms with Gasteiger partial charge in [-0.3, -0.25) is 5.84 Å². The summed E-state index contributed by atoms with van der Waals surface area (Å²) in [5, 5.41) is 0. The van der Waals surface area contributed by atoms with Crippen molar-refractivity contribution >= 4 is 15.9 Å². The largest absolute Gasteiger partial charge is 0.381 e. The number of rotatable bonds is 4. The van der Waals surface area contributed by atoms with Gasteiger partial charge in [-0.1, -0.05) is 12.1 Å². The van der Waals surface area contributed by atoms with E-state index < -0.39 is 11.6 Å². The molecule has 0 aliphatic carbocycles. The third kappa shape index (κ3) is 2.83. The van der Waals surface area contributed by atoms with E-state index in [2.05, 4.69) is 21.4 Å². The number of methoxy groups -OCH3 is 1. The average molecular weight is 333 g/mol. The van der Waals surface area contributed by atoms with E-state index in [0.717, 1.165) is 0 Å². The number of halogens is 2. The molecule has 6 heteroatoms. The molecule has 1 aliphatic rings. The Hall–Kier alpha value is -0.530. The molecule has 3 N–H and O–H groups in total. The lowest BCUT2D eigenvalue weighted by Crippen LogP contribution is -2.51. The van der Waals surface area contributed by atoms with Crippen LogP contribution in [0.2, 0.25) is 0 Å². The van der Waals surface area contributed by atoms with Crippen LogP contribution in [-0.2, 0) is 9.47 Å². The van der Waals surface area contributed by atoms with Crippen molar-refractivity contribution in [3.63, 3.8) is 0 Å². The van der Waals surface area contributed by atoms with Crippen molar-refractivity contribution in [3.8, 4) is 0 Å². The van der Waals surface area contributed by atoms with Crippen LogP contribution in [0.1, 0.15) is 24.4 Å². The zero-order chi connectivity index (χ0) is 13.9. The quantitative estimate of drug-likeness (QED) is 0.656. The highest BCUT2D eigenvalue weighted by Gasteiger charge is 2.42. The second-order valence-corrected chi connectivity index (χ2v) is 5.48. The van der Waals surface area contributed by atoms with Gasteiger partial charge in [0.15, 0.2) is 0 Å². The number of hydrogen-bond acceptors (Lipinski definition) is 4. The second-order valence-electron chi connectivity index (χ2n) is 4.62. The standard InChI is InChI=1S/C13H18BrFN2O2/c1-18-13(5-7-19-8-6-13)12(17-16)9-3-2-4-10(14)11(9)15/h2-4,12,17H,5-8,16H2,1H3. The van der Waals surface area contributed by atoms with E-state index in [1.165, 1.54) is 0 Å². The fourth-order valence-electron chi connectivity index (χ4n) is 2.60. The summed E-state index contributed by atoms with van der Waals surface area (Å²) in [6.45, 7) is 1.17. The Morgan fingerprint density at radius 1 is 1.47 bits per heavy atom. The van der Waals surface area contributed by atoms with Crippen LogP contribution in [0, 0.1) is 5.82 Å². The minimum atomic E-state index is -0.547. The zero-order valence-electron chi connectivity index (χ0n) is 10.8. The van der Waals surface area contributed by atoms with E-state index in [4.69, 9.17) is 15.3 Å². The molecule has 4 nitrogen and oxygen atoms in total. The summed E-state index contributed by atoms with van der Waals surface area (Å²) < 4.78 is 25.7. The number of hydrogen-bond donors (Lipinski definition) is 2. The highest BCUT2D eigenvalue weighted by Crippen LogP contribution is 2.38. The van der Waals surface area contributed by atoms with Gasteiger partial charge < -0.3 is 9.47 Å². The number of benzene rings is 1. The third-order valence-corrected chi connectivity index (χ3v) is 4.34. The van der Waals surface area contributed by atoms with Crippen molar-refractivity contribution in [1.29, 1.82) is 0 Å². The molecule has 1 aromatic rings. The van der Waals surface area contributed by atoms with Crippen molar-refractivity contribution in [3.05, 3.63) is 34.1 Å². The number of hydrazine groups is 1. The van der Waals surface area contributed by atoms with E-state index in [-0.39, 0.29) is 5.82 Å². The summed E-state index contributed by atoms with van der Waals surface area (Å²) in [6, 6.07) is 4.76. The normalized spacial score (nSPS) is 20.2. The first-order valence-electron chi connectivity index (χ1n) is 6.17. The Labute approximate surface area is 120 Å². The zero-order valence-corrected chi connectivity index (χ0v) is 12.4. The molecule has 0 spiro atoms. The van der Waals surface area contributed by atoms with Crippen molar-refractivity contribution < 1.29 is 13.9 Å². The summed E-state index contributed by atoms with van der Waals surface area (Å²) in [5.41, 5.74) is 2.66. The smallest absolute Gasteiger partial charge is 0.142 e. The SMILES string of the molecule is COC1(C(NN)c2cccc(Br)c2F)CCOCC1. The van der Waals surface area contributed by atoms with Crippen LogP contribution in [0.15, 0.2) is 22.7 Å². The van der Waals surface area contributed by atoms with Crippen LogP contribution in [0.5, 0.6) is 0 Å². The topological polar surface area (TPSA) is 56.5 Å². The Bertz CT molecular complexity index is 439. The molecule has 1 fully saturated rings. The molecule has 2 rings (SSSR count). The minimum Gasteiger partial charge on any atom is -0.381 e. The lowest BCUT2D eigenvalue weighted by molar-refractivity contribution is -0.112. The lowest BCUT2D eigenvalue weighted by atomic mass is 9.82. The third-order valence-electron chi connectivity index (χ3n) is 3.73. The predicted octanol–water partition coefficient (Wildman–Crippen LogP) is 2.29. The van der Waals surface area contributed by atoms with Crippen molar-refractivity contribution in [2.75, 3.05) is 20.3 Å². The van der Waals surface area contributed by atoms with Gasteiger partial charge in [-0.25, -0.2) is 9.82 Å². The molecule has 0 saturated carbocycles. The molecule has 0 aromatic heterocycles. The van der Waals surface area contributed by atoms with Gasteiger partial charge in [-0.2, -0.15) is 0 Å². The van der Waals surface area contributed by atoms with Crippen molar-refractivity contribution in [2.45, 2.75) is 24.5 Å². The van der Waals surface area contributed by atoms with Gasteiger partial charge in [0.2, 0.25) is 0 Å². The first-order valence-corrected chi connectivity index (χ1v) is 6.97. The molecule has 1 unspecified atom stereocenters. The van der Waals surface area contributed by atoms with Crippen molar-refractivity contribution in [1.82, 2.24) is 5.43 Å². The summed E-state index contributed by atoms with van der Waals surface area (Å²) in [4.78, 5) is 0. The maximum Gasteiger partial charge on any atom is 0.142 e. The van der Waals surface area contributed by atoms with Crippen molar-refractivity contribution in [2.24, 2.45) is 5.84 Å². The van der Waals surface area contributed by atoms with Crippen LogP contribution < -0.4 is 11.3 Å². The molecule has 0 bridgehead atoms. The number of nitrogens with one attached hydrogen (secondary N) is 1. The van der Waals surface area contributed by atoms with E-state index >= 15 is 0 Å². The summed E-state index contributed by atoms with van der Waals surface area (Å²) in [6.07, 6.45) is 1.34. The molecule has 1 atom stereocenters. The summed E-state index contributed by atoms with van der Waals surface area (Å²) in [5.74, 6) is 5.35. The number of ether oxygens (including phenoxy) is 2. The van der Waals surface area contributed by atoms with Crippen LogP contribution >= 0.6 is 15.9 Å². The van der Waals surface area contributed by atoms with Crippen LogP contribution in [0.4, 0.5) is 4.39 Å². The van der Waals surface area contributed by atoms with E-state index in [1.807, 2.05) is 0 Å². The Kier molecular flexibility index (Phi) is 4.92. The molecular weight excluding hydrogens is 315 g/mol. The van der Waals surface area contributed by atoms with Gasteiger partial charge in [0, 0.05) is 38.7 Å². The van der Waals surface area contributed by atoms with Gasteiger partial charge >= 0.3 is 0 Å². The molecule has 1 heterocycles. The number of nitrogens with two attached hydrogens (primary N) is 1. The highest BCUT2D eigenvalue weighted by molar-refractivity contribution is 9.10. The molecule has 1 saturated heterocycles. The first kappa shape index (κ1) is 14.9. The van der Waals surface area contributed by atoms with Crippen LogP contribution in [0.3, 0.4) is 0 Å². The predicted molar refractivity (Wildman–Crippen MR) is 74.0 cm³/mol. The maximum absolute atomic E-state index is 14.3. The Morgan fingerprint density at radius 2 is 2.16 bits per heavy atom. The van der Waals surface area contributed by atoms with Crippen LogP contribution in [-0.4, -0.2) is 25.9 Å². The minimum absolute atomic E-state index is 0.312. The fraction of sp³-hybridized carbons (Fsp3) is 0.538. The molecule has 1 aliphatic heterocycles. The van der Waals surface area contributed by atoms with Gasteiger partial charge in [-0.15, -0.1) is 0 Å². The average Bonchev–Trinajstić information content (AvgIpc) is 2.45. The molecule has 0 amide bonds. The first-order chi connectivity index (χ1) is 9.14. The van der Waals surface area contributed by atoms with E-state index in [0.29, 0.717) is 36.1 Å². The maximum atomic E-state index is 14.3. The van der Waals surface area contributed by atoms with E-state index in [1.54, 1.807) is 25.3 Å². The molecular formula is C13H18BrFN2O2. The fourth-order valence-corrected chi connectivity index (χ4v) is 2.98. The molecule has 1 aromatic carbocycles. The molecule has 19 heavy (non-hydrogen) atoms. The highest BCUT2D eigenvalue weighted by atomic mass is 79.9. The summed E-state index contributed by atoms with van der Waals surface area (Å²) >= 11 is 3.20. The summed E-state index contributed by atoms with van der Waals surface area (Å²) in [7, 11) is 1.63. The van der Waals surface area contributed by atoms with Gasteiger partial charge in [0.25, 0.3) is 0 Å². The molecule has 0 radical (unpaired) electrons. The Morgan fingerprint density at radius 3 is 2.74 bits per heavy atom.